The van der Waals surface area contributed by atoms with Gasteiger partial charge in [0.1, 0.15) is 10.8 Å². The van der Waals surface area contributed by atoms with Crippen molar-refractivity contribution >= 4 is 28.2 Å². The monoisotopic (exact) mass is 318 g/mol. The predicted octanol–water partition coefficient (Wildman–Crippen LogP) is 3.28. The third-order valence-electron chi connectivity index (χ3n) is 3.02. The van der Waals surface area contributed by atoms with Gasteiger partial charge in [-0.05, 0) is 36.1 Å². The van der Waals surface area contributed by atoms with E-state index < -0.39 is 5.91 Å². The first-order valence-corrected chi connectivity index (χ1v) is 7.91. The van der Waals surface area contributed by atoms with E-state index in [0.29, 0.717) is 28.5 Å². The number of anilines is 1. The zero-order valence-corrected chi connectivity index (χ0v) is 13.1. The molecule has 0 aliphatic rings. The first kappa shape index (κ1) is 16.0. The van der Waals surface area contributed by atoms with Crippen LogP contribution in [-0.2, 0) is 0 Å². The van der Waals surface area contributed by atoms with Crippen molar-refractivity contribution in [3.8, 4) is 5.75 Å². The van der Waals surface area contributed by atoms with E-state index in [1.165, 1.54) is 11.3 Å². The SMILES string of the molecule is CCCCOc1cccc(C(=O)Nc2sccc2C(N)=O)c1. The Morgan fingerprint density at radius 2 is 2.14 bits per heavy atom. The molecular formula is C16H18N2O3S. The maximum atomic E-state index is 12.3. The van der Waals surface area contributed by atoms with Gasteiger partial charge in [0, 0.05) is 5.56 Å². The van der Waals surface area contributed by atoms with Crippen LogP contribution in [0.15, 0.2) is 35.7 Å². The molecule has 0 saturated heterocycles. The van der Waals surface area contributed by atoms with Crippen LogP contribution in [-0.4, -0.2) is 18.4 Å². The van der Waals surface area contributed by atoms with Crippen molar-refractivity contribution in [2.24, 2.45) is 5.73 Å². The van der Waals surface area contributed by atoms with E-state index in [1.54, 1.807) is 29.6 Å². The van der Waals surface area contributed by atoms with E-state index in [4.69, 9.17) is 10.5 Å². The lowest BCUT2D eigenvalue weighted by Gasteiger charge is -2.08. The summed E-state index contributed by atoms with van der Waals surface area (Å²) in [5.41, 5.74) is 6.05. The Hall–Kier alpha value is -2.34. The quantitative estimate of drug-likeness (QED) is 0.769. The summed E-state index contributed by atoms with van der Waals surface area (Å²) in [6.45, 7) is 2.71. The second-order valence-electron chi connectivity index (χ2n) is 4.71. The fraction of sp³-hybridized carbons (Fsp3) is 0.250. The molecule has 0 fully saturated rings. The fourth-order valence-electron chi connectivity index (χ4n) is 1.84. The Bertz CT molecular complexity index is 667. The average Bonchev–Trinajstić information content (AvgIpc) is 2.96. The largest absolute Gasteiger partial charge is 0.494 e. The summed E-state index contributed by atoms with van der Waals surface area (Å²) in [6.07, 6.45) is 2.02. The van der Waals surface area contributed by atoms with E-state index in [9.17, 15) is 9.59 Å². The van der Waals surface area contributed by atoms with Gasteiger partial charge in [0.05, 0.1) is 12.2 Å². The van der Waals surface area contributed by atoms with Gasteiger partial charge in [0.25, 0.3) is 11.8 Å². The molecule has 1 aromatic heterocycles. The first-order chi connectivity index (χ1) is 10.6. The van der Waals surface area contributed by atoms with Gasteiger partial charge in [-0.1, -0.05) is 19.4 Å². The number of ether oxygens (including phenoxy) is 1. The lowest BCUT2D eigenvalue weighted by Crippen LogP contribution is -2.16. The van der Waals surface area contributed by atoms with Crippen molar-refractivity contribution in [2.75, 3.05) is 11.9 Å². The number of unbranched alkanes of at least 4 members (excludes halogenated alkanes) is 1. The zero-order valence-electron chi connectivity index (χ0n) is 12.3. The van der Waals surface area contributed by atoms with Crippen LogP contribution in [0.2, 0.25) is 0 Å². The number of amides is 2. The molecule has 1 aromatic carbocycles. The number of hydrogen-bond donors (Lipinski definition) is 2. The number of nitrogens with one attached hydrogen (secondary N) is 1. The van der Waals surface area contributed by atoms with Gasteiger partial charge < -0.3 is 15.8 Å². The van der Waals surface area contributed by atoms with Crippen molar-refractivity contribution in [1.29, 1.82) is 0 Å². The number of hydrogen-bond acceptors (Lipinski definition) is 4. The first-order valence-electron chi connectivity index (χ1n) is 7.03. The lowest BCUT2D eigenvalue weighted by atomic mass is 10.2. The molecule has 0 saturated carbocycles. The van der Waals surface area contributed by atoms with E-state index in [0.717, 1.165) is 12.8 Å². The summed E-state index contributed by atoms with van der Waals surface area (Å²) in [7, 11) is 0. The molecule has 116 valence electrons. The molecule has 5 nitrogen and oxygen atoms in total. The third kappa shape index (κ3) is 4.08. The molecule has 0 spiro atoms. The van der Waals surface area contributed by atoms with Gasteiger partial charge in [0.15, 0.2) is 0 Å². The minimum absolute atomic E-state index is 0.300. The van der Waals surface area contributed by atoms with Gasteiger partial charge in [-0.15, -0.1) is 11.3 Å². The minimum atomic E-state index is -0.562. The van der Waals surface area contributed by atoms with Crippen LogP contribution in [0.1, 0.15) is 40.5 Å². The molecule has 0 aliphatic carbocycles. The zero-order chi connectivity index (χ0) is 15.9. The second-order valence-corrected chi connectivity index (χ2v) is 5.63. The van der Waals surface area contributed by atoms with E-state index in [-0.39, 0.29) is 5.91 Å². The fourth-order valence-corrected chi connectivity index (χ4v) is 2.62. The molecule has 0 atom stereocenters. The molecule has 0 aliphatic heterocycles. The van der Waals surface area contributed by atoms with E-state index in [2.05, 4.69) is 12.2 Å². The van der Waals surface area contributed by atoms with Crippen LogP contribution in [0.5, 0.6) is 5.75 Å². The Labute approximate surface area is 133 Å². The van der Waals surface area contributed by atoms with Crippen molar-refractivity contribution in [3.63, 3.8) is 0 Å². The van der Waals surface area contributed by atoms with E-state index in [1.807, 2.05) is 6.07 Å². The summed E-state index contributed by atoms with van der Waals surface area (Å²) in [4.78, 5) is 23.5. The number of primary amides is 1. The Kier molecular flexibility index (Phi) is 5.55. The number of carbonyl (C=O) groups is 2. The molecule has 6 heteroatoms. The highest BCUT2D eigenvalue weighted by Crippen LogP contribution is 2.24. The summed E-state index contributed by atoms with van der Waals surface area (Å²) in [6, 6.07) is 8.54. The van der Waals surface area contributed by atoms with Crippen LogP contribution >= 0.6 is 11.3 Å². The Morgan fingerprint density at radius 3 is 2.86 bits per heavy atom. The van der Waals surface area contributed by atoms with Gasteiger partial charge in [-0.3, -0.25) is 9.59 Å². The van der Waals surface area contributed by atoms with Crippen molar-refractivity contribution in [3.05, 3.63) is 46.8 Å². The summed E-state index contributed by atoms with van der Waals surface area (Å²) >= 11 is 1.26. The Balaban J connectivity index is 2.07. The molecule has 22 heavy (non-hydrogen) atoms. The predicted molar refractivity (Wildman–Crippen MR) is 87.6 cm³/mol. The number of benzene rings is 1. The van der Waals surface area contributed by atoms with Crippen LogP contribution in [0.4, 0.5) is 5.00 Å². The number of carbonyl (C=O) groups excluding carboxylic acids is 2. The molecule has 2 amide bonds. The number of thiophene rings is 1. The molecule has 2 rings (SSSR count). The smallest absolute Gasteiger partial charge is 0.256 e. The summed E-state index contributed by atoms with van der Waals surface area (Å²) in [5.74, 6) is -0.207. The van der Waals surface area contributed by atoms with Crippen LogP contribution in [0.25, 0.3) is 0 Å². The molecule has 0 radical (unpaired) electrons. The van der Waals surface area contributed by atoms with Crippen LogP contribution < -0.4 is 15.8 Å². The van der Waals surface area contributed by atoms with Crippen molar-refractivity contribution < 1.29 is 14.3 Å². The molecule has 3 N–H and O–H groups in total. The van der Waals surface area contributed by atoms with Gasteiger partial charge >= 0.3 is 0 Å². The van der Waals surface area contributed by atoms with Crippen LogP contribution in [0.3, 0.4) is 0 Å². The summed E-state index contributed by atoms with van der Waals surface area (Å²) < 4.78 is 5.58. The van der Waals surface area contributed by atoms with Crippen molar-refractivity contribution in [1.82, 2.24) is 0 Å². The molecule has 0 bridgehead atoms. The minimum Gasteiger partial charge on any atom is -0.494 e. The average molecular weight is 318 g/mol. The number of nitrogens with two attached hydrogens (primary N) is 1. The second kappa shape index (κ2) is 7.61. The number of rotatable bonds is 7. The maximum absolute atomic E-state index is 12.3. The Morgan fingerprint density at radius 1 is 1.32 bits per heavy atom. The van der Waals surface area contributed by atoms with Gasteiger partial charge in [0.2, 0.25) is 0 Å². The molecule has 0 unspecified atom stereocenters. The highest BCUT2D eigenvalue weighted by Gasteiger charge is 2.14. The normalized spacial score (nSPS) is 10.2. The molecule has 2 aromatic rings. The molecule has 1 heterocycles. The highest BCUT2D eigenvalue weighted by atomic mass is 32.1. The van der Waals surface area contributed by atoms with E-state index >= 15 is 0 Å². The summed E-state index contributed by atoms with van der Waals surface area (Å²) in [5, 5.41) is 4.87. The van der Waals surface area contributed by atoms with Crippen LogP contribution in [0, 0.1) is 0 Å². The standard InChI is InChI=1S/C16H18N2O3S/c1-2-3-8-21-12-6-4-5-11(10-12)15(20)18-16-13(14(17)19)7-9-22-16/h4-7,9-10H,2-3,8H2,1H3,(H2,17,19)(H,18,20). The maximum Gasteiger partial charge on any atom is 0.256 e. The third-order valence-corrected chi connectivity index (χ3v) is 3.85. The highest BCUT2D eigenvalue weighted by molar-refractivity contribution is 7.14. The topological polar surface area (TPSA) is 81.4 Å². The van der Waals surface area contributed by atoms with Crippen molar-refractivity contribution in [2.45, 2.75) is 19.8 Å². The lowest BCUT2D eigenvalue weighted by molar-refractivity contribution is 0.100. The van der Waals surface area contributed by atoms with Gasteiger partial charge in [-0.25, -0.2) is 0 Å². The molecular weight excluding hydrogens is 300 g/mol. The van der Waals surface area contributed by atoms with Gasteiger partial charge in [-0.2, -0.15) is 0 Å².